The Balaban J connectivity index is 1.71. The molecule has 0 spiro atoms. The minimum absolute atomic E-state index is 0.00900. The quantitative estimate of drug-likeness (QED) is 0.0653. The van der Waals surface area contributed by atoms with Crippen molar-refractivity contribution in [1.82, 2.24) is 5.32 Å². The van der Waals surface area contributed by atoms with Gasteiger partial charge in [0.1, 0.15) is 79.4 Å². The lowest BCUT2D eigenvalue weighted by molar-refractivity contribution is -0.361. The van der Waals surface area contributed by atoms with Gasteiger partial charge < -0.3 is 95.4 Å². The van der Waals surface area contributed by atoms with Crippen LogP contribution in [0.4, 0.5) is 0 Å². The SMILES string of the molecule is C[C@@H]1O[C@H](O[C@H]2[C@@H](O)[C@@H](O)[C@@H](O[C@@H]([C@H](O)[C@H](O)C=O)[C@H](O)CO)O[C@H]2CO)[C@H](O)[C@H](O)[C@@H]1N[C@@H]1C=C(CO)[C@H](O)[C@H](O)[C@@H]1O. The van der Waals surface area contributed by atoms with Gasteiger partial charge in [-0.2, -0.15) is 0 Å². The minimum Gasteiger partial charge on any atom is -0.394 e. The van der Waals surface area contributed by atoms with Crippen molar-refractivity contribution in [3.05, 3.63) is 11.6 Å². The van der Waals surface area contributed by atoms with Gasteiger partial charge in [-0.25, -0.2) is 0 Å². The number of carbonyl (C=O) groups is 1. The highest BCUT2D eigenvalue weighted by molar-refractivity contribution is 5.56. The van der Waals surface area contributed by atoms with Crippen molar-refractivity contribution in [3.8, 4) is 0 Å². The molecule has 2 saturated heterocycles. The summed E-state index contributed by atoms with van der Waals surface area (Å²) in [6, 6.07) is -2.21. The van der Waals surface area contributed by atoms with E-state index in [0.29, 0.717) is 0 Å². The second-order valence-electron chi connectivity index (χ2n) is 11.0. The fourth-order valence-electron chi connectivity index (χ4n) is 5.36. The lowest BCUT2D eigenvalue weighted by Crippen LogP contribution is -2.68. The Kier molecular flexibility index (Phi) is 13.5. The van der Waals surface area contributed by atoms with Crippen LogP contribution < -0.4 is 5.32 Å². The highest BCUT2D eigenvalue weighted by Gasteiger charge is 2.52. The Hall–Kier alpha value is -1.31. The minimum atomic E-state index is -2.10. The second-order valence-corrected chi connectivity index (χ2v) is 11.0. The van der Waals surface area contributed by atoms with Crippen LogP contribution in [0.15, 0.2) is 11.6 Å². The van der Waals surface area contributed by atoms with Crippen LogP contribution in [0, 0.1) is 0 Å². The summed E-state index contributed by atoms with van der Waals surface area (Å²) in [6.45, 7) is -1.08. The summed E-state index contributed by atoms with van der Waals surface area (Å²) >= 11 is 0. The van der Waals surface area contributed by atoms with E-state index in [9.17, 15) is 71.2 Å². The molecule has 256 valence electrons. The largest absolute Gasteiger partial charge is 0.394 e. The molecule has 2 fully saturated rings. The molecule has 0 bridgehead atoms. The zero-order valence-corrected chi connectivity index (χ0v) is 23.5. The molecule has 0 aromatic rings. The van der Waals surface area contributed by atoms with Crippen LogP contribution in [0.2, 0.25) is 0 Å². The standard InChI is InChI=1S/C25H43NO18/c1-7-13(26-9-2-8(3-27)14(33)18(37)15(9)34)17(36)20(39)24(41-7)44-23-12(6-30)42-25(21(40)19(23)38)43-22(11(32)5-29)16(35)10(31)4-28/h2,4,7,9-27,29-40H,3,5-6H2,1H3/t7-,9+,10+,11+,12-,13+,14-,15+,16+,17+,18-,19-,20+,21+,22+,23+,24+,25+/m0/s1. The van der Waals surface area contributed by atoms with Crippen molar-refractivity contribution in [2.45, 2.75) is 117 Å². The molecule has 2 heterocycles. The Bertz CT molecular complexity index is 943. The van der Waals surface area contributed by atoms with E-state index in [4.69, 9.17) is 18.9 Å². The Morgan fingerprint density at radius 3 is 2.09 bits per heavy atom. The molecule has 0 unspecified atom stereocenters. The molecule has 0 saturated carbocycles. The highest BCUT2D eigenvalue weighted by atomic mass is 16.7. The zero-order chi connectivity index (χ0) is 33.0. The van der Waals surface area contributed by atoms with Crippen LogP contribution in [-0.2, 0) is 23.7 Å². The molecule has 19 nitrogen and oxygen atoms in total. The average molecular weight is 646 g/mol. The summed E-state index contributed by atoms with van der Waals surface area (Å²) in [5, 5.41) is 135. The molecular weight excluding hydrogens is 602 g/mol. The number of hydrogen-bond donors (Lipinski definition) is 14. The number of carbonyl (C=O) groups excluding carboxylic acids is 1. The zero-order valence-electron chi connectivity index (χ0n) is 23.5. The molecular formula is C25H43NO18. The topological polar surface area (TPSA) is 329 Å². The third-order valence-electron chi connectivity index (χ3n) is 8.03. The first-order valence-corrected chi connectivity index (χ1v) is 13.9. The van der Waals surface area contributed by atoms with Crippen LogP contribution in [0.25, 0.3) is 0 Å². The average Bonchev–Trinajstić information content (AvgIpc) is 3.02. The summed E-state index contributed by atoms with van der Waals surface area (Å²) in [6.07, 6.45) is -26.8. The number of rotatable bonds is 13. The molecule has 0 aromatic heterocycles. The van der Waals surface area contributed by atoms with E-state index < -0.39 is 130 Å². The van der Waals surface area contributed by atoms with Crippen LogP contribution in [-0.4, -0.2) is 203 Å². The van der Waals surface area contributed by atoms with Crippen molar-refractivity contribution in [2.24, 2.45) is 0 Å². The Morgan fingerprint density at radius 2 is 1.52 bits per heavy atom. The van der Waals surface area contributed by atoms with Crippen molar-refractivity contribution >= 4 is 6.29 Å². The number of nitrogens with one attached hydrogen (secondary N) is 1. The van der Waals surface area contributed by atoms with Crippen LogP contribution >= 0.6 is 0 Å². The van der Waals surface area contributed by atoms with Crippen LogP contribution in [0.3, 0.4) is 0 Å². The van der Waals surface area contributed by atoms with E-state index >= 15 is 0 Å². The number of ether oxygens (including phenoxy) is 4. The molecule has 1 aliphatic carbocycles. The predicted octanol–water partition coefficient (Wildman–Crippen LogP) is -8.72. The third kappa shape index (κ3) is 7.79. The molecule has 14 N–H and O–H groups in total. The first-order chi connectivity index (χ1) is 20.7. The van der Waals surface area contributed by atoms with Crippen molar-refractivity contribution in [2.75, 3.05) is 19.8 Å². The van der Waals surface area contributed by atoms with Gasteiger partial charge in [-0.15, -0.1) is 0 Å². The van der Waals surface area contributed by atoms with Gasteiger partial charge in [-0.1, -0.05) is 6.08 Å². The Labute approximate surface area is 250 Å². The molecule has 0 amide bonds. The molecule has 0 aromatic carbocycles. The summed E-state index contributed by atoms with van der Waals surface area (Å²) in [7, 11) is 0. The lowest BCUT2D eigenvalue weighted by atomic mass is 9.86. The van der Waals surface area contributed by atoms with Gasteiger partial charge >= 0.3 is 0 Å². The maximum absolute atomic E-state index is 10.9. The first kappa shape index (κ1) is 37.2. The smallest absolute Gasteiger partial charge is 0.187 e. The van der Waals surface area contributed by atoms with Gasteiger partial charge in [0.05, 0.1) is 38.0 Å². The van der Waals surface area contributed by atoms with Crippen LogP contribution in [0.5, 0.6) is 0 Å². The molecule has 19 heteroatoms. The molecule has 18 atom stereocenters. The number of hydrogen-bond acceptors (Lipinski definition) is 19. The summed E-state index contributed by atoms with van der Waals surface area (Å²) in [5.41, 5.74) is 0.00900. The predicted molar refractivity (Wildman–Crippen MR) is 139 cm³/mol. The van der Waals surface area contributed by atoms with Gasteiger partial charge in [0.15, 0.2) is 18.9 Å². The number of aldehydes is 1. The Morgan fingerprint density at radius 1 is 0.886 bits per heavy atom. The van der Waals surface area contributed by atoms with E-state index in [0.717, 1.165) is 0 Å². The first-order valence-electron chi connectivity index (χ1n) is 13.9. The van der Waals surface area contributed by atoms with Gasteiger partial charge in [0.2, 0.25) is 0 Å². The third-order valence-corrected chi connectivity index (χ3v) is 8.03. The number of aliphatic hydroxyl groups excluding tert-OH is 13. The molecule has 44 heavy (non-hydrogen) atoms. The molecule has 3 rings (SSSR count). The lowest BCUT2D eigenvalue weighted by Gasteiger charge is -2.48. The van der Waals surface area contributed by atoms with Gasteiger partial charge in [-0.3, -0.25) is 0 Å². The summed E-state index contributed by atoms with van der Waals surface area (Å²) in [5.74, 6) is 0. The maximum atomic E-state index is 10.9. The van der Waals surface area contributed by atoms with E-state index in [1.807, 2.05) is 0 Å². The van der Waals surface area contributed by atoms with Gasteiger partial charge in [-0.05, 0) is 12.5 Å². The fraction of sp³-hybridized carbons (Fsp3) is 0.880. The van der Waals surface area contributed by atoms with Gasteiger partial charge in [0.25, 0.3) is 0 Å². The van der Waals surface area contributed by atoms with E-state index in [1.54, 1.807) is 0 Å². The molecule has 2 aliphatic heterocycles. The van der Waals surface area contributed by atoms with E-state index in [-0.39, 0.29) is 11.9 Å². The normalized spacial score (nSPS) is 44.4. The van der Waals surface area contributed by atoms with E-state index in [1.165, 1.54) is 13.0 Å². The second kappa shape index (κ2) is 16.0. The molecule has 3 aliphatic rings. The fourth-order valence-corrected chi connectivity index (χ4v) is 5.36. The van der Waals surface area contributed by atoms with Crippen LogP contribution in [0.1, 0.15) is 6.92 Å². The molecule has 0 radical (unpaired) electrons. The van der Waals surface area contributed by atoms with Gasteiger partial charge in [0, 0.05) is 0 Å². The summed E-state index contributed by atoms with van der Waals surface area (Å²) in [4.78, 5) is 10.9. The van der Waals surface area contributed by atoms with Crippen molar-refractivity contribution in [1.29, 1.82) is 0 Å². The van der Waals surface area contributed by atoms with Crippen molar-refractivity contribution in [3.63, 3.8) is 0 Å². The highest BCUT2D eigenvalue weighted by Crippen LogP contribution is 2.31. The summed E-state index contributed by atoms with van der Waals surface area (Å²) < 4.78 is 22.0. The maximum Gasteiger partial charge on any atom is 0.187 e. The van der Waals surface area contributed by atoms with Crippen molar-refractivity contribution < 1.29 is 90.1 Å². The monoisotopic (exact) mass is 645 g/mol. The van der Waals surface area contributed by atoms with E-state index in [2.05, 4.69) is 5.32 Å². The number of aliphatic hydroxyl groups is 13.